The van der Waals surface area contributed by atoms with Crippen molar-refractivity contribution in [3.8, 4) is 0 Å². The summed E-state index contributed by atoms with van der Waals surface area (Å²) in [7, 11) is -4.72. The lowest BCUT2D eigenvalue weighted by molar-refractivity contribution is -0.161. The van der Waals surface area contributed by atoms with E-state index in [-0.39, 0.29) is 19.4 Å². The molecule has 0 heterocycles. The average molecular weight is 818 g/mol. The molecule has 12 heteroatoms. The number of phosphoric ester groups is 1. The lowest BCUT2D eigenvalue weighted by Gasteiger charge is -2.20. The molecule has 0 radical (unpaired) electrons. The Morgan fingerprint density at radius 2 is 0.893 bits per heavy atom. The fraction of sp³-hybridized carbons (Fsp3) is 0.886. The average Bonchev–Trinajstić information content (AvgIpc) is 3.17. The number of carbonyl (C=O) groups is 3. The van der Waals surface area contributed by atoms with E-state index in [1.165, 1.54) is 141 Å². The normalized spacial score (nSPS) is 13.8. The molecule has 0 aromatic carbocycles. The van der Waals surface area contributed by atoms with Crippen LogP contribution in [0.25, 0.3) is 0 Å². The molecule has 1 unspecified atom stereocenters. The van der Waals surface area contributed by atoms with Crippen LogP contribution < -0.4 is 5.73 Å². The van der Waals surface area contributed by atoms with Gasteiger partial charge in [0.1, 0.15) is 12.6 Å². The Kier molecular flexibility index (Phi) is 38.7. The first-order chi connectivity index (χ1) is 27.1. The molecule has 0 saturated heterocycles. The Morgan fingerprint density at radius 1 is 0.536 bits per heavy atom. The molecular formula is C44H84NO10P. The van der Waals surface area contributed by atoms with Crippen LogP contribution >= 0.6 is 7.82 Å². The third-order valence-electron chi connectivity index (χ3n) is 10.0. The van der Waals surface area contributed by atoms with Gasteiger partial charge in [-0.3, -0.25) is 23.4 Å². The van der Waals surface area contributed by atoms with Crippen molar-refractivity contribution in [2.75, 3.05) is 19.8 Å². The highest BCUT2D eigenvalue weighted by molar-refractivity contribution is 7.47. The van der Waals surface area contributed by atoms with Crippen molar-refractivity contribution in [3.63, 3.8) is 0 Å². The molecule has 0 rings (SSSR count). The van der Waals surface area contributed by atoms with Crippen LogP contribution in [0.4, 0.5) is 0 Å². The summed E-state index contributed by atoms with van der Waals surface area (Å²) in [6.07, 6.45) is 39.9. The molecule has 11 nitrogen and oxygen atoms in total. The monoisotopic (exact) mass is 818 g/mol. The van der Waals surface area contributed by atoms with E-state index < -0.39 is 51.1 Å². The van der Waals surface area contributed by atoms with Gasteiger partial charge in [0.2, 0.25) is 0 Å². The second kappa shape index (κ2) is 40.0. The van der Waals surface area contributed by atoms with E-state index in [2.05, 4.69) is 30.5 Å². The number of hydrogen-bond acceptors (Lipinski definition) is 9. The standard InChI is InChI=1S/C44H84NO10P/c1-3-5-7-9-11-13-15-17-19-20-22-23-25-27-29-31-33-35-42(46)52-37-40(38-53-56(50,51)54-39-41(45)44(48)49)55-43(47)36-34-32-30-28-26-24-21-18-16-14-12-10-8-6-4-2/h26,28,40-41H,3-25,27,29-39,45H2,1-2H3,(H,48,49)(H,50,51)/b28-26+/t40-,41+/m1/s1. The molecular weight excluding hydrogens is 733 g/mol. The molecule has 0 fully saturated rings. The third kappa shape index (κ3) is 39.1. The highest BCUT2D eigenvalue weighted by Gasteiger charge is 2.28. The number of allylic oxidation sites excluding steroid dienone is 2. The van der Waals surface area contributed by atoms with Gasteiger partial charge < -0.3 is 25.2 Å². The van der Waals surface area contributed by atoms with Crippen molar-refractivity contribution >= 4 is 25.7 Å². The van der Waals surface area contributed by atoms with Crippen LogP contribution in [-0.4, -0.2) is 59.9 Å². The van der Waals surface area contributed by atoms with Crippen molar-refractivity contribution in [2.45, 2.75) is 231 Å². The Morgan fingerprint density at radius 3 is 1.34 bits per heavy atom. The number of unbranched alkanes of at least 4 members (excludes halogenated alkanes) is 27. The number of carboxylic acid groups (broad SMARTS) is 1. The maximum Gasteiger partial charge on any atom is 0.472 e. The topological polar surface area (TPSA) is 172 Å². The maximum absolute atomic E-state index is 12.6. The van der Waals surface area contributed by atoms with Crippen LogP contribution in [0.15, 0.2) is 12.2 Å². The summed E-state index contributed by atoms with van der Waals surface area (Å²) in [5, 5.41) is 8.89. The summed E-state index contributed by atoms with van der Waals surface area (Å²) in [5.41, 5.74) is 5.33. The molecule has 0 aromatic heterocycles. The van der Waals surface area contributed by atoms with E-state index in [0.717, 1.165) is 38.5 Å². The van der Waals surface area contributed by atoms with Crippen molar-refractivity contribution in [1.29, 1.82) is 0 Å². The Balaban J connectivity index is 4.32. The van der Waals surface area contributed by atoms with Gasteiger partial charge in [-0.1, -0.05) is 180 Å². The zero-order valence-corrected chi connectivity index (χ0v) is 36.6. The van der Waals surface area contributed by atoms with E-state index in [1.54, 1.807) is 0 Å². The molecule has 0 aliphatic carbocycles. The van der Waals surface area contributed by atoms with Gasteiger partial charge in [-0.15, -0.1) is 0 Å². The number of rotatable bonds is 43. The Labute approximate surface area is 341 Å². The summed E-state index contributed by atoms with van der Waals surface area (Å²) in [5.74, 6) is -2.39. The fourth-order valence-electron chi connectivity index (χ4n) is 6.41. The first-order valence-electron chi connectivity index (χ1n) is 22.7. The Bertz CT molecular complexity index is 1010. The number of ether oxygens (including phenoxy) is 2. The summed E-state index contributed by atoms with van der Waals surface area (Å²) in [6, 6.07) is -1.52. The van der Waals surface area contributed by atoms with Crippen molar-refractivity contribution in [2.24, 2.45) is 5.73 Å². The fourth-order valence-corrected chi connectivity index (χ4v) is 7.19. The number of nitrogens with two attached hydrogens (primary N) is 1. The van der Waals surface area contributed by atoms with Gasteiger partial charge >= 0.3 is 25.7 Å². The van der Waals surface area contributed by atoms with Crippen molar-refractivity contribution < 1.29 is 47.5 Å². The predicted octanol–water partition coefficient (Wildman–Crippen LogP) is 12.1. The van der Waals surface area contributed by atoms with Crippen LogP contribution in [0, 0.1) is 0 Å². The molecule has 330 valence electrons. The zero-order valence-electron chi connectivity index (χ0n) is 35.7. The molecule has 3 atom stereocenters. The van der Waals surface area contributed by atoms with Crippen LogP contribution in [0.5, 0.6) is 0 Å². The smallest absolute Gasteiger partial charge is 0.472 e. The van der Waals surface area contributed by atoms with Gasteiger partial charge in [0.05, 0.1) is 13.2 Å². The number of hydrogen-bond donors (Lipinski definition) is 3. The first-order valence-corrected chi connectivity index (χ1v) is 24.2. The summed E-state index contributed by atoms with van der Waals surface area (Å²) < 4.78 is 32.7. The number of esters is 2. The van der Waals surface area contributed by atoms with Gasteiger partial charge in [-0.05, 0) is 38.5 Å². The minimum absolute atomic E-state index is 0.135. The molecule has 0 saturated carbocycles. The van der Waals surface area contributed by atoms with E-state index in [9.17, 15) is 23.8 Å². The second-order valence-corrected chi connectivity index (χ2v) is 17.0. The molecule has 0 bridgehead atoms. The van der Waals surface area contributed by atoms with Crippen LogP contribution in [0.1, 0.15) is 219 Å². The van der Waals surface area contributed by atoms with Gasteiger partial charge in [-0.25, -0.2) is 4.57 Å². The molecule has 0 aliphatic rings. The quantitative estimate of drug-likeness (QED) is 0.0231. The van der Waals surface area contributed by atoms with E-state index in [0.29, 0.717) is 12.8 Å². The lowest BCUT2D eigenvalue weighted by atomic mass is 10.0. The molecule has 0 spiro atoms. The minimum atomic E-state index is -4.72. The number of aliphatic carboxylic acids is 1. The zero-order chi connectivity index (χ0) is 41.4. The molecule has 4 N–H and O–H groups in total. The molecule has 0 aromatic rings. The third-order valence-corrected chi connectivity index (χ3v) is 11.0. The predicted molar refractivity (Wildman–Crippen MR) is 226 cm³/mol. The first kappa shape index (κ1) is 54.2. The summed E-state index contributed by atoms with van der Waals surface area (Å²) in [4.78, 5) is 46.0. The number of phosphoric acid groups is 1. The van der Waals surface area contributed by atoms with Gasteiger partial charge in [-0.2, -0.15) is 0 Å². The number of carboxylic acids is 1. The van der Waals surface area contributed by atoms with E-state index in [1.807, 2.05) is 0 Å². The van der Waals surface area contributed by atoms with Crippen LogP contribution in [-0.2, 0) is 37.5 Å². The summed E-state index contributed by atoms with van der Waals surface area (Å²) >= 11 is 0. The Hall–Kier alpha value is -1.78. The van der Waals surface area contributed by atoms with Gasteiger partial charge in [0, 0.05) is 12.8 Å². The largest absolute Gasteiger partial charge is 0.480 e. The van der Waals surface area contributed by atoms with E-state index in [4.69, 9.17) is 24.8 Å². The highest BCUT2D eigenvalue weighted by atomic mass is 31.2. The highest BCUT2D eigenvalue weighted by Crippen LogP contribution is 2.43. The van der Waals surface area contributed by atoms with E-state index >= 15 is 0 Å². The minimum Gasteiger partial charge on any atom is -0.480 e. The van der Waals surface area contributed by atoms with Crippen molar-refractivity contribution in [1.82, 2.24) is 0 Å². The summed E-state index contributed by atoms with van der Waals surface area (Å²) in [6.45, 7) is 2.81. The SMILES string of the molecule is CCCCCCCCCCC/C=C/CCCCC(=O)O[C@H](COC(=O)CCCCCCCCCCCCCCCCCCC)COP(=O)(O)OC[C@H](N)C(=O)O. The van der Waals surface area contributed by atoms with Crippen LogP contribution in [0.3, 0.4) is 0 Å². The van der Waals surface area contributed by atoms with Gasteiger partial charge in [0.25, 0.3) is 0 Å². The van der Waals surface area contributed by atoms with Crippen LogP contribution in [0.2, 0.25) is 0 Å². The second-order valence-electron chi connectivity index (χ2n) is 15.5. The van der Waals surface area contributed by atoms with Gasteiger partial charge in [0.15, 0.2) is 6.10 Å². The molecule has 0 aliphatic heterocycles. The molecule has 56 heavy (non-hydrogen) atoms. The lowest BCUT2D eigenvalue weighted by Crippen LogP contribution is -2.34. The maximum atomic E-state index is 12.6. The number of carbonyl (C=O) groups excluding carboxylic acids is 2. The van der Waals surface area contributed by atoms with Crippen molar-refractivity contribution in [3.05, 3.63) is 12.2 Å². The molecule has 0 amide bonds.